The molecule has 0 saturated carbocycles. The molecule has 0 amide bonds. The van der Waals surface area contributed by atoms with Gasteiger partial charge in [-0.2, -0.15) is 0 Å². The topological polar surface area (TPSA) is 43.7 Å². The Morgan fingerprint density at radius 2 is 2.24 bits per heavy atom. The molecule has 0 radical (unpaired) electrons. The molecule has 2 rings (SSSR count). The Morgan fingerprint density at radius 3 is 2.94 bits per heavy atom. The summed E-state index contributed by atoms with van der Waals surface area (Å²) in [5.74, 6) is 0.542. The number of likely N-dealkylation sites (tertiary alicyclic amines) is 1. The summed E-state index contributed by atoms with van der Waals surface area (Å²) < 4.78 is 0.716. The summed E-state index contributed by atoms with van der Waals surface area (Å²) >= 11 is 3.31. The Morgan fingerprint density at radius 1 is 1.47 bits per heavy atom. The Bertz CT molecular complexity index is 397. The molecule has 2 atom stereocenters. The fraction of sp³-hybridized carbons (Fsp3) is 0.538. The SMILES string of the molecule is CN1CCC(O)C(Cc2ccc(O)c(Br)c2)C1. The molecule has 0 spiro atoms. The van der Waals surface area contributed by atoms with E-state index in [9.17, 15) is 10.2 Å². The fourth-order valence-electron chi connectivity index (χ4n) is 2.38. The average Bonchev–Trinajstić information content (AvgIpc) is 2.29. The molecule has 3 nitrogen and oxygen atoms in total. The van der Waals surface area contributed by atoms with E-state index in [0.29, 0.717) is 4.47 Å². The number of piperidine rings is 1. The first-order valence-corrected chi connectivity index (χ1v) is 6.69. The van der Waals surface area contributed by atoms with Gasteiger partial charge in [-0.3, -0.25) is 0 Å². The Balaban J connectivity index is 2.06. The zero-order valence-corrected chi connectivity index (χ0v) is 11.5. The summed E-state index contributed by atoms with van der Waals surface area (Å²) in [5.41, 5.74) is 1.15. The highest BCUT2D eigenvalue weighted by Crippen LogP contribution is 2.27. The number of aliphatic hydroxyl groups is 1. The number of aromatic hydroxyl groups is 1. The second-order valence-electron chi connectivity index (χ2n) is 4.87. The van der Waals surface area contributed by atoms with E-state index in [0.717, 1.165) is 31.5 Å². The van der Waals surface area contributed by atoms with Crippen molar-refractivity contribution in [2.45, 2.75) is 18.9 Å². The maximum absolute atomic E-state index is 9.98. The lowest BCUT2D eigenvalue weighted by atomic mass is 9.89. The van der Waals surface area contributed by atoms with Crippen molar-refractivity contribution in [3.05, 3.63) is 28.2 Å². The molecule has 1 aliphatic rings. The predicted molar refractivity (Wildman–Crippen MR) is 71.1 cm³/mol. The zero-order valence-electron chi connectivity index (χ0n) is 9.93. The molecule has 1 aromatic rings. The molecule has 4 heteroatoms. The Labute approximate surface area is 110 Å². The van der Waals surface area contributed by atoms with E-state index in [2.05, 4.69) is 27.9 Å². The van der Waals surface area contributed by atoms with Crippen LogP contribution in [0.15, 0.2) is 22.7 Å². The van der Waals surface area contributed by atoms with E-state index in [1.165, 1.54) is 0 Å². The van der Waals surface area contributed by atoms with Gasteiger partial charge in [-0.15, -0.1) is 0 Å². The van der Waals surface area contributed by atoms with Crippen molar-refractivity contribution in [2.75, 3.05) is 20.1 Å². The standard InChI is InChI=1S/C13H18BrNO2/c1-15-5-4-12(16)10(8-15)6-9-2-3-13(17)11(14)7-9/h2-3,7,10,12,16-17H,4-6,8H2,1H3. The summed E-state index contributed by atoms with van der Waals surface area (Å²) in [6.45, 7) is 1.90. The molecule has 1 aromatic carbocycles. The first kappa shape index (κ1) is 12.9. The molecule has 2 N–H and O–H groups in total. The number of hydrogen-bond donors (Lipinski definition) is 2. The van der Waals surface area contributed by atoms with E-state index < -0.39 is 0 Å². The molecular weight excluding hydrogens is 282 g/mol. The number of benzene rings is 1. The molecule has 1 fully saturated rings. The molecule has 2 unspecified atom stereocenters. The maximum atomic E-state index is 9.98. The average molecular weight is 300 g/mol. The van der Waals surface area contributed by atoms with E-state index in [1.54, 1.807) is 6.07 Å². The van der Waals surface area contributed by atoms with Crippen LogP contribution in [0, 0.1) is 5.92 Å². The van der Waals surface area contributed by atoms with Crippen molar-refractivity contribution < 1.29 is 10.2 Å². The highest BCUT2D eigenvalue weighted by Gasteiger charge is 2.26. The van der Waals surface area contributed by atoms with E-state index in [1.807, 2.05) is 12.1 Å². The molecule has 0 aromatic heterocycles. The van der Waals surface area contributed by atoms with E-state index >= 15 is 0 Å². The molecule has 1 saturated heterocycles. The minimum atomic E-state index is -0.209. The Hall–Kier alpha value is -0.580. The van der Waals surface area contributed by atoms with Gasteiger partial charge >= 0.3 is 0 Å². The van der Waals surface area contributed by atoms with Crippen molar-refractivity contribution in [3.63, 3.8) is 0 Å². The van der Waals surface area contributed by atoms with Crippen molar-refractivity contribution in [1.82, 2.24) is 4.90 Å². The van der Waals surface area contributed by atoms with Gasteiger partial charge in [-0.1, -0.05) is 6.07 Å². The summed E-state index contributed by atoms with van der Waals surface area (Å²) in [5, 5.41) is 19.4. The number of nitrogens with zero attached hydrogens (tertiary/aromatic N) is 1. The van der Waals surface area contributed by atoms with Gasteiger partial charge in [0.15, 0.2) is 0 Å². The minimum Gasteiger partial charge on any atom is -0.507 e. The van der Waals surface area contributed by atoms with Crippen molar-refractivity contribution in [2.24, 2.45) is 5.92 Å². The van der Waals surface area contributed by atoms with Gasteiger partial charge in [-0.25, -0.2) is 0 Å². The molecule has 94 valence electrons. The first-order chi connectivity index (χ1) is 8.06. The summed E-state index contributed by atoms with van der Waals surface area (Å²) in [6, 6.07) is 5.54. The maximum Gasteiger partial charge on any atom is 0.129 e. The van der Waals surface area contributed by atoms with Gasteiger partial charge in [0.1, 0.15) is 5.75 Å². The van der Waals surface area contributed by atoms with Gasteiger partial charge in [-0.05, 0) is 53.5 Å². The van der Waals surface area contributed by atoms with Crippen LogP contribution in [0.2, 0.25) is 0 Å². The predicted octanol–water partition coefficient (Wildman–Crippen LogP) is 2.01. The number of rotatable bonds is 2. The molecular formula is C13H18BrNO2. The summed E-state index contributed by atoms with van der Waals surface area (Å²) in [7, 11) is 2.09. The van der Waals surface area contributed by atoms with Crippen molar-refractivity contribution in [1.29, 1.82) is 0 Å². The van der Waals surface area contributed by atoms with Crippen LogP contribution >= 0.6 is 15.9 Å². The lowest BCUT2D eigenvalue weighted by molar-refractivity contribution is 0.0366. The lowest BCUT2D eigenvalue weighted by Gasteiger charge is -2.34. The second-order valence-corrected chi connectivity index (χ2v) is 5.72. The highest BCUT2D eigenvalue weighted by molar-refractivity contribution is 9.10. The van der Waals surface area contributed by atoms with Crippen LogP contribution in [0.5, 0.6) is 5.75 Å². The quantitative estimate of drug-likeness (QED) is 0.878. The van der Waals surface area contributed by atoms with Gasteiger partial charge in [0, 0.05) is 19.0 Å². The van der Waals surface area contributed by atoms with Crippen LogP contribution in [-0.2, 0) is 6.42 Å². The monoisotopic (exact) mass is 299 g/mol. The van der Waals surface area contributed by atoms with Crippen LogP contribution < -0.4 is 0 Å². The number of hydrogen-bond acceptors (Lipinski definition) is 3. The normalized spacial score (nSPS) is 26.1. The van der Waals surface area contributed by atoms with Crippen LogP contribution in [0.1, 0.15) is 12.0 Å². The largest absolute Gasteiger partial charge is 0.507 e. The lowest BCUT2D eigenvalue weighted by Crippen LogP contribution is -2.41. The van der Waals surface area contributed by atoms with Gasteiger partial charge in [0.2, 0.25) is 0 Å². The van der Waals surface area contributed by atoms with Gasteiger partial charge < -0.3 is 15.1 Å². The third-order valence-electron chi connectivity index (χ3n) is 3.41. The van der Waals surface area contributed by atoms with Crippen LogP contribution in [0.25, 0.3) is 0 Å². The number of phenols is 1. The summed E-state index contributed by atoms with van der Waals surface area (Å²) in [4.78, 5) is 2.26. The fourth-order valence-corrected chi connectivity index (χ4v) is 2.81. The van der Waals surface area contributed by atoms with Crippen LogP contribution in [0.4, 0.5) is 0 Å². The second kappa shape index (κ2) is 5.38. The van der Waals surface area contributed by atoms with Crippen LogP contribution in [0.3, 0.4) is 0 Å². The smallest absolute Gasteiger partial charge is 0.129 e. The zero-order chi connectivity index (χ0) is 12.4. The minimum absolute atomic E-state index is 0.209. The third-order valence-corrected chi connectivity index (χ3v) is 4.04. The molecule has 1 heterocycles. The van der Waals surface area contributed by atoms with E-state index in [-0.39, 0.29) is 17.8 Å². The van der Waals surface area contributed by atoms with E-state index in [4.69, 9.17) is 0 Å². The molecule has 17 heavy (non-hydrogen) atoms. The number of aliphatic hydroxyl groups excluding tert-OH is 1. The van der Waals surface area contributed by atoms with Crippen LogP contribution in [-0.4, -0.2) is 41.4 Å². The molecule has 0 bridgehead atoms. The van der Waals surface area contributed by atoms with Gasteiger partial charge in [0.25, 0.3) is 0 Å². The first-order valence-electron chi connectivity index (χ1n) is 5.90. The van der Waals surface area contributed by atoms with Gasteiger partial charge in [0.05, 0.1) is 10.6 Å². The number of phenolic OH excluding ortho intramolecular Hbond substituents is 1. The third kappa shape index (κ3) is 3.21. The molecule has 1 aliphatic heterocycles. The highest BCUT2D eigenvalue weighted by atomic mass is 79.9. The Kier molecular flexibility index (Phi) is 4.07. The molecule has 0 aliphatic carbocycles. The van der Waals surface area contributed by atoms with Crippen molar-refractivity contribution in [3.8, 4) is 5.75 Å². The summed E-state index contributed by atoms with van der Waals surface area (Å²) in [6.07, 6.45) is 1.49. The number of halogens is 1. The van der Waals surface area contributed by atoms with Crippen molar-refractivity contribution >= 4 is 15.9 Å².